The van der Waals surface area contributed by atoms with Gasteiger partial charge in [-0.05, 0) is 43.0 Å². The molecule has 4 nitrogen and oxygen atoms in total. The lowest BCUT2D eigenvalue weighted by Crippen LogP contribution is -2.53. The van der Waals surface area contributed by atoms with Crippen molar-refractivity contribution in [3.63, 3.8) is 0 Å². The first-order valence-corrected chi connectivity index (χ1v) is 9.90. The number of methoxy groups -OCH3 is 1. The fraction of sp³-hybridized carbons (Fsp3) is 0.429. The van der Waals surface area contributed by atoms with Gasteiger partial charge in [0.25, 0.3) is 5.91 Å². The number of pyridine rings is 1. The summed E-state index contributed by atoms with van der Waals surface area (Å²) in [7, 11) is 1.38. The van der Waals surface area contributed by atoms with Gasteiger partial charge in [-0.1, -0.05) is 23.7 Å². The van der Waals surface area contributed by atoms with Gasteiger partial charge in [-0.2, -0.15) is 13.2 Å². The molecule has 0 spiro atoms. The van der Waals surface area contributed by atoms with Gasteiger partial charge in [0.15, 0.2) is 0 Å². The molecule has 1 aliphatic carbocycles. The summed E-state index contributed by atoms with van der Waals surface area (Å²) in [6, 6.07) is 6.36. The van der Waals surface area contributed by atoms with Crippen molar-refractivity contribution in [3.05, 3.63) is 58.4 Å². The van der Waals surface area contributed by atoms with Crippen LogP contribution in [0.1, 0.15) is 40.9 Å². The molecular weight excluding hydrogens is 443 g/mol. The van der Waals surface area contributed by atoms with Crippen molar-refractivity contribution < 1.29 is 31.5 Å². The van der Waals surface area contributed by atoms with Crippen molar-refractivity contribution in [2.75, 3.05) is 13.7 Å². The van der Waals surface area contributed by atoms with E-state index in [4.69, 9.17) is 16.3 Å². The van der Waals surface area contributed by atoms with Gasteiger partial charge < -0.3 is 10.1 Å². The van der Waals surface area contributed by atoms with Gasteiger partial charge in [0, 0.05) is 18.2 Å². The van der Waals surface area contributed by atoms with E-state index >= 15 is 4.39 Å². The van der Waals surface area contributed by atoms with Crippen LogP contribution in [0.25, 0.3) is 0 Å². The SMILES string of the molecule is COc1cccc(C(=O)NCC2(c3ccc(C(F)(F)F)nc3)CCCC(F)C2F)c1Cl. The molecule has 0 aliphatic heterocycles. The maximum absolute atomic E-state index is 15.1. The predicted octanol–water partition coefficient (Wildman–Crippen LogP) is 5.29. The van der Waals surface area contributed by atoms with Gasteiger partial charge >= 0.3 is 6.18 Å². The molecule has 2 aromatic rings. The number of aromatic nitrogens is 1. The Labute approximate surface area is 180 Å². The Morgan fingerprint density at radius 2 is 2.03 bits per heavy atom. The summed E-state index contributed by atoms with van der Waals surface area (Å²) in [6.45, 7) is -0.339. The van der Waals surface area contributed by atoms with Crippen LogP contribution in [0.4, 0.5) is 22.0 Å². The van der Waals surface area contributed by atoms with Gasteiger partial charge in [0.2, 0.25) is 0 Å². The highest BCUT2D eigenvalue weighted by atomic mass is 35.5. The second-order valence-electron chi connectivity index (χ2n) is 7.40. The zero-order chi connectivity index (χ0) is 22.8. The van der Waals surface area contributed by atoms with Crippen molar-refractivity contribution in [1.82, 2.24) is 10.3 Å². The van der Waals surface area contributed by atoms with Crippen molar-refractivity contribution >= 4 is 17.5 Å². The molecule has 0 saturated heterocycles. The first-order valence-electron chi connectivity index (χ1n) is 9.52. The predicted molar refractivity (Wildman–Crippen MR) is 105 cm³/mol. The van der Waals surface area contributed by atoms with Crippen molar-refractivity contribution in [2.45, 2.75) is 43.2 Å². The monoisotopic (exact) mass is 462 g/mol. The Hall–Kier alpha value is -2.42. The molecule has 168 valence electrons. The number of nitrogens with zero attached hydrogens (tertiary/aromatic N) is 1. The zero-order valence-electron chi connectivity index (χ0n) is 16.5. The Bertz CT molecular complexity index is 938. The molecule has 1 amide bonds. The van der Waals surface area contributed by atoms with E-state index in [-0.39, 0.29) is 41.3 Å². The number of alkyl halides is 5. The molecule has 3 atom stereocenters. The topological polar surface area (TPSA) is 51.2 Å². The fourth-order valence-electron chi connectivity index (χ4n) is 3.87. The minimum atomic E-state index is -4.66. The normalized spacial score (nSPS) is 24.0. The van der Waals surface area contributed by atoms with E-state index in [0.29, 0.717) is 6.42 Å². The van der Waals surface area contributed by atoms with Gasteiger partial charge in [-0.25, -0.2) is 8.78 Å². The second kappa shape index (κ2) is 8.98. The Kier molecular flexibility index (Phi) is 6.73. The average molecular weight is 463 g/mol. The minimum Gasteiger partial charge on any atom is -0.495 e. The summed E-state index contributed by atoms with van der Waals surface area (Å²) < 4.78 is 73.1. The Morgan fingerprint density at radius 1 is 1.29 bits per heavy atom. The molecule has 31 heavy (non-hydrogen) atoms. The summed E-state index contributed by atoms with van der Waals surface area (Å²) in [4.78, 5) is 16.1. The van der Waals surface area contributed by atoms with Crippen molar-refractivity contribution in [3.8, 4) is 5.75 Å². The summed E-state index contributed by atoms with van der Waals surface area (Å²) in [5.41, 5.74) is -2.53. The highest BCUT2D eigenvalue weighted by Gasteiger charge is 2.48. The largest absolute Gasteiger partial charge is 0.495 e. The van der Waals surface area contributed by atoms with Crippen molar-refractivity contribution in [2.24, 2.45) is 0 Å². The molecule has 0 bridgehead atoms. The van der Waals surface area contributed by atoms with Crippen LogP contribution in [0.5, 0.6) is 5.75 Å². The van der Waals surface area contributed by atoms with E-state index in [2.05, 4.69) is 10.3 Å². The first kappa shape index (κ1) is 23.2. The van der Waals surface area contributed by atoms with Crippen LogP contribution in [-0.4, -0.2) is 36.9 Å². The third kappa shape index (κ3) is 4.61. The van der Waals surface area contributed by atoms with Crippen LogP contribution < -0.4 is 10.1 Å². The molecule has 10 heteroatoms. The molecule has 1 fully saturated rings. The van der Waals surface area contributed by atoms with Gasteiger partial charge in [0.1, 0.15) is 23.8 Å². The molecule has 1 N–H and O–H groups in total. The van der Waals surface area contributed by atoms with Gasteiger partial charge in [0.05, 0.1) is 17.7 Å². The van der Waals surface area contributed by atoms with Crippen LogP contribution >= 0.6 is 11.6 Å². The standard InChI is InChI=1S/C21H20ClF5N2O2/c1-31-15-6-2-4-13(17(15)22)19(30)29-11-20(9-3-5-14(23)18(20)24)12-7-8-16(28-10-12)21(25,26)27/h2,4,6-8,10,14,18H,3,5,9,11H2,1H3,(H,29,30). The highest BCUT2D eigenvalue weighted by molar-refractivity contribution is 6.35. The highest BCUT2D eigenvalue weighted by Crippen LogP contribution is 2.43. The van der Waals surface area contributed by atoms with Gasteiger partial charge in [-0.3, -0.25) is 9.78 Å². The average Bonchev–Trinajstić information content (AvgIpc) is 2.74. The number of nitrogens with one attached hydrogen (secondary N) is 1. The number of hydrogen-bond acceptors (Lipinski definition) is 3. The zero-order valence-corrected chi connectivity index (χ0v) is 17.2. The molecule has 3 rings (SSSR count). The lowest BCUT2D eigenvalue weighted by atomic mass is 9.67. The summed E-state index contributed by atoms with van der Waals surface area (Å²) in [5, 5.41) is 2.61. The molecule has 1 saturated carbocycles. The number of benzene rings is 1. The van der Waals surface area contributed by atoms with E-state index in [0.717, 1.165) is 18.3 Å². The molecule has 1 aliphatic rings. The molecule has 1 aromatic carbocycles. The molecule has 1 heterocycles. The first-order chi connectivity index (χ1) is 14.6. The number of halogens is 6. The maximum Gasteiger partial charge on any atom is 0.433 e. The van der Waals surface area contributed by atoms with E-state index in [1.54, 1.807) is 12.1 Å². The van der Waals surface area contributed by atoms with Crippen LogP contribution in [0.3, 0.4) is 0 Å². The van der Waals surface area contributed by atoms with Crippen LogP contribution in [0.2, 0.25) is 5.02 Å². The lowest BCUT2D eigenvalue weighted by molar-refractivity contribution is -0.141. The number of carbonyl (C=O) groups is 1. The van der Waals surface area contributed by atoms with E-state index in [9.17, 15) is 22.4 Å². The quantitative estimate of drug-likeness (QED) is 0.614. The van der Waals surface area contributed by atoms with Crippen LogP contribution in [0.15, 0.2) is 36.5 Å². The summed E-state index contributed by atoms with van der Waals surface area (Å²) >= 11 is 6.15. The molecule has 3 unspecified atom stereocenters. The van der Waals surface area contributed by atoms with Crippen LogP contribution in [-0.2, 0) is 11.6 Å². The lowest BCUT2D eigenvalue weighted by Gasteiger charge is -2.42. The van der Waals surface area contributed by atoms with E-state index < -0.39 is 35.5 Å². The number of hydrogen-bond donors (Lipinski definition) is 1. The van der Waals surface area contributed by atoms with E-state index in [1.807, 2.05) is 0 Å². The molecule has 0 radical (unpaired) electrons. The number of ether oxygens (including phenoxy) is 1. The third-order valence-corrected chi connectivity index (χ3v) is 5.96. The fourth-order valence-corrected chi connectivity index (χ4v) is 4.16. The second-order valence-corrected chi connectivity index (χ2v) is 7.78. The van der Waals surface area contributed by atoms with Crippen LogP contribution in [0, 0.1) is 0 Å². The van der Waals surface area contributed by atoms with Crippen molar-refractivity contribution in [1.29, 1.82) is 0 Å². The molecule has 1 aromatic heterocycles. The third-order valence-electron chi connectivity index (χ3n) is 5.57. The summed E-state index contributed by atoms with van der Waals surface area (Å²) in [6.07, 6.45) is -7.17. The number of rotatable bonds is 5. The smallest absolute Gasteiger partial charge is 0.433 e. The Balaban J connectivity index is 1.91. The number of carbonyl (C=O) groups excluding carboxylic acids is 1. The minimum absolute atomic E-state index is 0.00730. The maximum atomic E-state index is 15.1. The van der Waals surface area contributed by atoms with E-state index in [1.165, 1.54) is 13.2 Å². The Morgan fingerprint density at radius 3 is 2.65 bits per heavy atom. The summed E-state index contributed by atoms with van der Waals surface area (Å²) in [5.74, 6) is -0.378. The number of amides is 1. The van der Waals surface area contributed by atoms with Gasteiger partial charge in [-0.15, -0.1) is 0 Å². The molecular formula is C21H20ClF5N2O2.